The molecule has 4 nitrogen and oxygen atoms in total. The quantitative estimate of drug-likeness (QED) is 0.797. The highest BCUT2D eigenvalue weighted by molar-refractivity contribution is 5.93. The number of nitrogens with one attached hydrogen (secondary N) is 1. The highest BCUT2D eigenvalue weighted by atomic mass is 16.4. The Labute approximate surface area is 102 Å². The fourth-order valence-corrected chi connectivity index (χ4v) is 1.61. The first-order chi connectivity index (χ1) is 8.00. The smallest absolute Gasteiger partial charge is 0.339 e. The first-order valence-corrected chi connectivity index (χ1v) is 5.94. The summed E-state index contributed by atoms with van der Waals surface area (Å²) in [5, 5.41) is 12.2. The van der Waals surface area contributed by atoms with E-state index in [1.165, 1.54) is 6.20 Å². The molecule has 0 fully saturated rings. The van der Waals surface area contributed by atoms with Crippen molar-refractivity contribution in [3.05, 3.63) is 24.0 Å². The molecule has 2 N–H and O–H groups in total. The lowest BCUT2D eigenvalue weighted by molar-refractivity contribution is 0.0697. The molecule has 0 aliphatic carbocycles. The molecule has 1 aromatic heterocycles. The SMILES string of the molecule is CC(C)CCC(C)Nc1ccncc1C(=O)O. The molecular weight excluding hydrogens is 216 g/mol. The van der Waals surface area contributed by atoms with Crippen LogP contribution >= 0.6 is 0 Å². The first kappa shape index (κ1) is 13.5. The van der Waals surface area contributed by atoms with Gasteiger partial charge in [0.2, 0.25) is 0 Å². The maximum atomic E-state index is 11.0. The summed E-state index contributed by atoms with van der Waals surface area (Å²) >= 11 is 0. The molecule has 0 saturated carbocycles. The zero-order chi connectivity index (χ0) is 12.8. The van der Waals surface area contributed by atoms with Gasteiger partial charge in [-0.25, -0.2) is 4.79 Å². The molecule has 0 aliphatic rings. The van der Waals surface area contributed by atoms with Crippen molar-refractivity contribution in [1.82, 2.24) is 4.98 Å². The van der Waals surface area contributed by atoms with Crippen LogP contribution in [0.25, 0.3) is 0 Å². The van der Waals surface area contributed by atoms with Crippen LogP contribution in [-0.2, 0) is 0 Å². The average molecular weight is 236 g/mol. The minimum absolute atomic E-state index is 0.226. The Balaban J connectivity index is 2.64. The number of aromatic nitrogens is 1. The summed E-state index contributed by atoms with van der Waals surface area (Å²) in [5.41, 5.74) is 0.868. The van der Waals surface area contributed by atoms with E-state index in [0.717, 1.165) is 12.8 Å². The van der Waals surface area contributed by atoms with Gasteiger partial charge in [-0.05, 0) is 31.7 Å². The van der Waals surface area contributed by atoms with E-state index in [0.29, 0.717) is 11.6 Å². The van der Waals surface area contributed by atoms with Crippen molar-refractivity contribution in [2.24, 2.45) is 5.92 Å². The van der Waals surface area contributed by atoms with E-state index < -0.39 is 5.97 Å². The minimum Gasteiger partial charge on any atom is -0.478 e. The summed E-state index contributed by atoms with van der Waals surface area (Å²) in [4.78, 5) is 14.8. The van der Waals surface area contributed by atoms with E-state index >= 15 is 0 Å². The Morgan fingerprint density at radius 3 is 2.71 bits per heavy atom. The molecular formula is C13H20N2O2. The third-order valence-electron chi connectivity index (χ3n) is 2.63. The normalized spacial score (nSPS) is 12.5. The predicted octanol–water partition coefficient (Wildman–Crippen LogP) is 3.02. The summed E-state index contributed by atoms with van der Waals surface area (Å²) < 4.78 is 0. The zero-order valence-electron chi connectivity index (χ0n) is 10.6. The number of anilines is 1. The van der Waals surface area contributed by atoms with Crippen LogP contribution in [0.15, 0.2) is 18.5 Å². The first-order valence-electron chi connectivity index (χ1n) is 5.94. The summed E-state index contributed by atoms with van der Waals surface area (Å²) in [6.07, 6.45) is 5.13. The van der Waals surface area contributed by atoms with Crippen molar-refractivity contribution < 1.29 is 9.90 Å². The van der Waals surface area contributed by atoms with Crippen LogP contribution < -0.4 is 5.32 Å². The number of carboxylic acid groups (broad SMARTS) is 1. The number of hydrogen-bond acceptors (Lipinski definition) is 3. The van der Waals surface area contributed by atoms with Gasteiger partial charge in [-0.15, -0.1) is 0 Å². The standard InChI is InChI=1S/C13H20N2O2/c1-9(2)4-5-10(3)15-12-6-7-14-8-11(12)13(16)17/h6-10H,4-5H2,1-3H3,(H,14,15)(H,16,17). The van der Waals surface area contributed by atoms with E-state index in [-0.39, 0.29) is 11.6 Å². The molecule has 0 amide bonds. The van der Waals surface area contributed by atoms with Crippen LogP contribution in [0.3, 0.4) is 0 Å². The fourth-order valence-electron chi connectivity index (χ4n) is 1.61. The molecule has 1 aromatic rings. The van der Waals surface area contributed by atoms with Gasteiger partial charge in [-0.1, -0.05) is 13.8 Å². The number of nitrogens with zero attached hydrogens (tertiary/aromatic N) is 1. The summed E-state index contributed by atoms with van der Waals surface area (Å²) in [5.74, 6) is -0.285. The maximum absolute atomic E-state index is 11.0. The van der Waals surface area contributed by atoms with E-state index in [4.69, 9.17) is 5.11 Å². The molecule has 0 saturated heterocycles. The minimum atomic E-state index is -0.948. The van der Waals surface area contributed by atoms with Crippen molar-refractivity contribution in [3.8, 4) is 0 Å². The molecule has 0 bridgehead atoms. The second-order valence-electron chi connectivity index (χ2n) is 4.74. The second kappa shape index (κ2) is 6.23. The lowest BCUT2D eigenvalue weighted by atomic mass is 10.0. The van der Waals surface area contributed by atoms with E-state index in [2.05, 4.69) is 31.1 Å². The third-order valence-corrected chi connectivity index (χ3v) is 2.63. The molecule has 1 unspecified atom stereocenters. The van der Waals surface area contributed by atoms with Gasteiger partial charge in [0.15, 0.2) is 0 Å². The Bertz CT molecular complexity index is 377. The molecule has 1 atom stereocenters. The summed E-state index contributed by atoms with van der Waals surface area (Å²) in [6, 6.07) is 1.97. The lowest BCUT2D eigenvalue weighted by Crippen LogP contribution is -2.18. The van der Waals surface area contributed by atoms with Crippen molar-refractivity contribution in [2.75, 3.05) is 5.32 Å². The molecule has 0 aliphatic heterocycles. The van der Waals surface area contributed by atoms with Gasteiger partial charge >= 0.3 is 5.97 Å². The molecule has 1 heterocycles. The molecule has 94 valence electrons. The van der Waals surface area contributed by atoms with Gasteiger partial charge in [0.25, 0.3) is 0 Å². The molecule has 0 spiro atoms. The maximum Gasteiger partial charge on any atom is 0.339 e. The number of carbonyl (C=O) groups is 1. The van der Waals surface area contributed by atoms with Gasteiger partial charge in [0.1, 0.15) is 5.56 Å². The van der Waals surface area contributed by atoms with Crippen LogP contribution in [0, 0.1) is 5.92 Å². The highest BCUT2D eigenvalue weighted by Crippen LogP contribution is 2.17. The number of rotatable bonds is 6. The van der Waals surface area contributed by atoms with Gasteiger partial charge in [-0.3, -0.25) is 4.98 Å². The van der Waals surface area contributed by atoms with E-state index in [1.807, 2.05) is 0 Å². The summed E-state index contributed by atoms with van der Waals surface area (Å²) in [7, 11) is 0. The van der Waals surface area contributed by atoms with Gasteiger partial charge in [0, 0.05) is 18.4 Å². The van der Waals surface area contributed by atoms with Crippen LogP contribution in [0.1, 0.15) is 44.0 Å². The molecule has 0 aromatic carbocycles. The number of hydrogen-bond donors (Lipinski definition) is 2. The van der Waals surface area contributed by atoms with Gasteiger partial charge in [-0.2, -0.15) is 0 Å². The fraction of sp³-hybridized carbons (Fsp3) is 0.538. The van der Waals surface area contributed by atoms with Gasteiger partial charge in [0.05, 0.1) is 5.69 Å². The monoisotopic (exact) mass is 236 g/mol. The zero-order valence-corrected chi connectivity index (χ0v) is 10.6. The highest BCUT2D eigenvalue weighted by Gasteiger charge is 2.11. The van der Waals surface area contributed by atoms with Crippen LogP contribution in [-0.4, -0.2) is 22.1 Å². The average Bonchev–Trinajstić information content (AvgIpc) is 2.27. The van der Waals surface area contributed by atoms with Crippen LogP contribution in [0.5, 0.6) is 0 Å². The Morgan fingerprint density at radius 1 is 1.41 bits per heavy atom. The lowest BCUT2D eigenvalue weighted by Gasteiger charge is -2.17. The van der Waals surface area contributed by atoms with Crippen molar-refractivity contribution in [3.63, 3.8) is 0 Å². The van der Waals surface area contributed by atoms with Gasteiger partial charge < -0.3 is 10.4 Å². The number of aromatic carboxylic acids is 1. The van der Waals surface area contributed by atoms with Crippen LogP contribution in [0.4, 0.5) is 5.69 Å². The van der Waals surface area contributed by atoms with Crippen molar-refractivity contribution in [1.29, 1.82) is 0 Å². The molecule has 4 heteroatoms. The number of pyridine rings is 1. The van der Waals surface area contributed by atoms with Crippen LogP contribution in [0.2, 0.25) is 0 Å². The largest absolute Gasteiger partial charge is 0.478 e. The molecule has 1 rings (SSSR count). The molecule has 17 heavy (non-hydrogen) atoms. The van der Waals surface area contributed by atoms with Crippen molar-refractivity contribution in [2.45, 2.75) is 39.7 Å². The van der Waals surface area contributed by atoms with E-state index in [1.54, 1.807) is 12.3 Å². The van der Waals surface area contributed by atoms with Crippen molar-refractivity contribution >= 4 is 11.7 Å². The van der Waals surface area contributed by atoms with E-state index in [9.17, 15) is 4.79 Å². The third kappa shape index (κ3) is 4.43. The Hall–Kier alpha value is -1.58. The number of carboxylic acids is 1. The topological polar surface area (TPSA) is 62.2 Å². The molecule has 0 radical (unpaired) electrons. The predicted molar refractivity (Wildman–Crippen MR) is 68.4 cm³/mol. The summed E-state index contributed by atoms with van der Waals surface area (Å²) in [6.45, 7) is 6.43. The Morgan fingerprint density at radius 2 is 2.12 bits per heavy atom. The Kier molecular flexibility index (Phi) is 4.94. The second-order valence-corrected chi connectivity index (χ2v) is 4.74.